The maximum absolute atomic E-state index is 10.8. The number of methoxy groups -OCH3 is 1. The Bertz CT molecular complexity index is 679. The third kappa shape index (κ3) is 3.86. The van der Waals surface area contributed by atoms with E-state index >= 15 is 0 Å². The molecule has 0 heterocycles. The van der Waals surface area contributed by atoms with Crippen LogP contribution in [0.1, 0.15) is 5.56 Å². The number of nitrogens with one attached hydrogen (secondary N) is 1. The number of hydrogen-bond donors (Lipinski definition) is 1. The number of non-ortho nitro benzene ring substituents is 1. The molecule has 0 amide bonds. The van der Waals surface area contributed by atoms with E-state index in [4.69, 9.17) is 16.3 Å². The Kier molecular flexibility index (Phi) is 5.03. The molecule has 0 aliphatic carbocycles. The van der Waals surface area contributed by atoms with Gasteiger partial charge in [0.1, 0.15) is 5.75 Å². The molecule has 2 rings (SSSR count). The maximum atomic E-state index is 10.8. The monoisotopic (exact) mass is 370 g/mol. The molecule has 0 unspecified atom stereocenters. The second kappa shape index (κ2) is 6.78. The van der Waals surface area contributed by atoms with E-state index in [2.05, 4.69) is 21.2 Å². The van der Waals surface area contributed by atoms with Gasteiger partial charge in [-0.25, -0.2) is 0 Å². The van der Waals surface area contributed by atoms with Gasteiger partial charge in [0.25, 0.3) is 5.69 Å². The third-order valence-corrected chi connectivity index (χ3v) is 3.99. The van der Waals surface area contributed by atoms with Crippen LogP contribution in [0.15, 0.2) is 40.9 Å². The first kappa shape index (κ1) is 15.6. The van der Waals surface area contributed by atoms with Gasteiger partial charge in [-0.05, 0) is 29.8 Å². The van der Waals surface area contributed by atoms with Crippen LogP contribution in [0.3, 0.4) is 0 Å². The van der Waals surface area contributed by atoms with Gasteiger partial charge in [0.2, 0.25) is 0 Å². The van der Waals surface area contributed by atoms with Gasteiger partial charge in [-0.1, -0.05) is 27.5 Å². The van der Waals surface area contributed by atoms with Crippen molar-refractivity contribution in [2.75, 3.05) is 12.4 Å². The van der Waals surface area contributed by atoms with Gasteiger partial charge >= 0.3 is 0 Å². The van der Waals surface area contributed by atoms with Crippen molar-refractivity contribution in [3.8, 4) is 5.75 Å². The first-order valence-electron chi connectivity index (χ1n) is 6.01. The molecule has 0 saturated carbocycles. The Morgan fingerprint density at radius 1 is 1.33 bits per heavy atom. The predicted molar refractivity (Wildman–Crippen MR) is 86.1 cm³/mol. The molecule has 110 valence electrons. The van der Waals surface area contributed by atoms with Crippen LogP contribution in [0.4, 0.5) is 11.4 Å². The molecule has 2 aromatic rings. The van der Waals surface area contributed by atoms with Crippen molar-refractivity contribution >= 4 is 38.9 Å². The molecule has 0 spiro atoms. The topological polar surface area (TPSA) is 64.4 Å². The molecule has 2 aromatic carbocycles. The predicted octanol–water partition coefficient (Wildman–Crippen LogP) is 4.63. The lowest BCUT2D eigenvalue weighted by Crippen LogP contribution is -2.02. The lowest BCUT2D eigenvalue weighted by molar-refractivity contribution is -0.384. The molecular weight excluding hydrogens is 360 g/mol. The van der Waals surface area contributed by atoms with Crippen molar-refractivity contribution in [1.29, 1.82) is 0 Å². The summed E-state index contributed by atoms with van der Waals surface area (Å²) in [7, 11) is 1.60. The van der Waals surface area contributed by atoms with Crippen LogP contribution in [0.2, 0.25) is 5.02 Å². The number of hydrogen-bond acceptors (Lipinski definition) is 4. The van der Waals surface area contributed by atoms with Gasteiger partial charge in [0.15, 0.2) is 0 Å². The number of nitro groups is 1. The number of rotatable bonds is 5. The van der Waals surface area contributed by atoms with E-state index in [1.807, 2.05) is 18.2 Å². The maximum Gasteiger partial charge on any atom is 0.271 e. The van der Waals surface area contributed by atoms with E-state index in [0.29, 0.717) is 17.3 Å². The van der Waals surface area contributed by atoms with Crippen LogP contribution in [-0.4, -0.2) is 12.0 Å². The lowest BCUT2D eigenvalue weighted by atomic mass is 10.2. The lowest BCUT2D eigenvalue weighted by Gasteiger charge is -2.11. The zero-order chi connectivity index (χ0) is 15.4. The second-order valence-corrected chi connectivity index (χ2v) is 5.49. The summed E-state index contributed by atoms with van der Waals surface area (Å²) in [6, 6.07) is 9.88. The van der Waals surface area contributed by atoms with E-state index in [-0.39, 0.29) is 5.69 Å². The molecule has 0 atom stereocenters. The summed E-state index contributed by atoms with van der Waals surface area (Å²) in [6.07, 6.45) is 0. The number of nitro benzene ring substituents is 1. The highest BCUT2D eigenvalue weighted by molar-refractivity contribution is 9.10. The van der Waals surface area contributed by atoms with Gasteiger partial charge in [-0.15, -0.1) is 0 Å². The third-order valence-electron chi connectivity index (χ3n) is 2.88. The Morgan fingerprint density at radius 2 is 2.10 bits per heavy atom. The van der Waals surface area contributed by atoms with Gasteiger partial charge in [-0.2, -0.15) is 0 Å². The van der Waals surface area contributed by atoms with Crippen molar-refractivity contribution < 1.29 is 9.66 Å². The first-order valence-corrected chi connectivity index (χ1v) is 7.18. The fourth-order valence-corrected chi connectivity index (χ4v) is 2.34. The smallest absolute Gasteiger partial charge is 0.271 e. The van der Waals surface area contributed by atoms with Crippen molar-refractivity contribution in [2.45, 2.75) is 6.54 Å². The fraction of sp³-hybridized carbons (Fsp3) is 0.143. The Balaban J connectivity index is 2.20. The molecule has 0 aliphatic rings. The van der Waals surface area contributed by atoms with E-state index in [0.717, 1.165) is 15.8 Å². The fourth-order valence-electron chi connectivity index (χ4n) is 1.77. The Hall–Kier alpha value is -1.79. The standard InChI is InChI=1S/C14H12BrClN2O3/c1-21-11-3-4-12(15)9(6-11)8-17-14-7-10(18(19)20)2-5-13(14)16/h2-7,17H,8H2,1H3. The minimum atomic E-state index is -0.455. The van der Waals surface area contributed by atoms with E-state index in [1.165, 1.54) is 18.2 Å². The molecule has 0 fully saturated rings. The molecule has 1 N–H and O–H groups in total. The molecule has 5 nitrogen and oxygen atoms in total. The molecule has 7 heteroatoms. The summed E-state index contributed by atoms with van der Waals surface area (Å²) in [6.45, 7) is 0.457. The summed E-state index contributed by atoms with van der Waals surface area (Å²) >= 11 is 9.50. The molecule has 0 aliphatic heterocycles. The Labute approximate surface area is 135 Å². The van der Waals surface area contributed by atoms with Crippen LogP contribution in [0.25, 0.3) is 0 Å². The summed E-state index contributed by atoms with van der Waals surface area (Å²) in [5.74, 6) is 0.736. The zero-order valence-electron chi connectivity index (χ0n) is 11.1. The molecule has 0 radical (unpaired) electrons. The number of benzene rings is 2. The number of anilines is 1. The van der Waals surface area contributed by atoms with Gasteiger partial charge < -0.3 is 10.1 Å². The molecule has 0 aromatic heterocycles. The second-order valence-electron chi connectivity index (χ2n) is 4.23. The number of halogens is 2. The number of nitrogens with zero attached hydrogens (tertiary/aromatic N) is 1. The van der Waals surface area contributed by atoms with Crippen molar-refractivity contribution in [3.05, 3.63) is 61.6 Å². The summed E-state index contributed by atoms with van der Waals surface area (Å²) in [5, 5.41) is 14.3. The zero-order valence-corrected chi connectivity index (χ0v) is 13.4. The van der Waals surface area contributed by atoms with Crippen molar-refractivity contribution in [2.24, 2.45) is 0 Å². The van der Waals surface area contributed by atoms with E-state index < -0.39 is 4.92 Å². The first-order chi connectivity index (χ1) is 10.0. The molecule has 21 heavy (non-hydrogen) atoms. The summed E-state index contributed by atoms with van der Waals surface area (Å²) in [5.41, 5.74) is 1.46. The number of ether oxygens (including phenoxy) is 1. The van der Waals surface area contributed by atoms with Crippen molar-refractivity contribution in [3.63, 3.8) is 0 Å². The largest absolute Gasteiger partial charge is 0.497 e. The summed E-state index contributed by atoms with van der Waals surface area (Å²) < 4.78 is 6.09. The van der Waals surface area contributed by atoms with Crippen LogP contribution in [0.5, 0.6) is 5.75 Å². The van der Waals surface area contributed by atoms with Gasteiger partial charge in [0, 0.05) is 23.2 Å². The average Bonchev–Trinajstić information content (AvgIpc) is 2.47. The minimum Gasteiger partial charge on any atom is -0.497 e. The van der Waals surface area contributed by atoms with Crippen molar-refractivity contribution in [1.82, 2.24) is 0 Å². The van der Waals surface area contributed by atoms with Crippen LogP contribution in [0, 0.1) is 10.1 Å². The molecule has 0 saturated heterocycles. The van der Waals surface area contributed by atoms with Crippen LogP contribution in [-0.2, 0) is 6.54 Å². The SMILES string of the molecule is COc1ccc(Br)c(CNc2cc([N+](=O)[O-])ccc2Cl)c1. The highest BCUT2D eigenvalue weighted by atomic mass is 79.9. The quantitative estimate of drug-likeness (QED) is 0.614. The van der Waals surface area contributed by atoms with Gasteiger partial charge in [0.05, 0.1) is 22.7 Å². The minimum absolute atomic E-state index is 0.00777. The van der Waals surface area contributed by atoms with Crippen LogP contribution < -0.4 is 10.1 Å². The Morgan fingerprint density at radius 3 is 2.76 bits per heavy atom. The molecule has 0 bridgehead atoms. The van der Waals surface area contributed by atoms with E-state index in [9.17, 15) is 10.1 Å². The highest BCUT2D eigenvalue weighted by Crippen LogP contribution is 2.28. The molecular formula is C14H12BrClN2O3. The van der Waals surface area contributed by atoms with Crippen LogP contribution >= 0.6 is 27.5 Å². The van der Waals surface area contributed by atoms with E-state index in [1.54, 1.807) is 7.11 Å². The highest BCUT2D eigenvalue weighted by Gasteiger charge is 2.10. The van der Waals surface area contributed by atoms with Gasteiger partial charge in [-0.3, -0.25) is 10.1 Å². The average molecular weight is 372 g/mol. The summed E-state index contributed by atoms with van der Waals surface area (Å²) in [4.78, 5) is 10.3. The normalized spacial score (nSPS) is 10.2.